The number of halogens is 1. The second kappa shape index (κ2) is 3.08. The van der Waals surface area contributed by atoms with E-state index in [1.54, 1.807) is 0 Å². The molecule has 0 N–H and O–H groups in total. The fraction of sp³-hybridized carbons (Fsp3) is 0.400. The van der Waals surface area contributed by atoms with Crippen molar-refractivity contribution in [3.05, 3.63) is 34.3 Å². The van der Waals surface area contributed by atoms with Crippen LogP contribution in [0.3, 0.4) is 0 Å². The Hall–Kier alpha value is -0.530. The van der Waals surface area contributed by atoms with Crippen LogP contribution in [0.15, 0.2) is 18.2 Å². The van der Waals surface area contributed by atoms with Crippen molar-refractivity contribution < 1.29 is 4.74 Å². The number of rotatable bonds is 2. The van der Waals surface area contributed by atoms with Gasteiger partial charge in [-0.2, -0.15) is 0 Å². The lowest BCUT2D eigenvalue weighted by Gasteiger charge is -2.04. The Bertz CT molecular complexity index is 292. The topological polar surface area (TPSA) is 12.5 Å². The van der Waals surface area contributed by atoms with Gasteiger partial charge in [-0.3, -0.25) is 0 Å². The predicted molar refractivity (Wildman–Crippen MR) is 49.6 cm³/mol. The van der Waals surface area contributed by atoms with Gasteiger partial charge in [-0.05, 0) is 24.1 Å². The number of hydrogen-bond acceptors (Lipinski definition) is 1. The minimum Gasteiger partial charge on any atom is -0.373 e. The number of epoxide rings is 1. The highest BCUT2D eigenvalue weighted by Crippen LogP contribution is 2.23. The highest BCUT2D eigenvalue weighted by atomic mass is 35.5. The van der Waals surface area contributed by atoms with Crippen molar-refractivity contribution in [1.29, 1.82) is 0 Å². The molecule has 1 aliphatic heterocycles. The zero-order valence-electron chi connectivity index (χ0n) is 7.01. The quantitative estimate of drug-likeness (QED) is 0.641. The molecule has 0 aliphatic carbocycles. The molecule has 1 aliphatic rings. The molecule has 0 amide bonds. The van der Waals surface area contributed by atoms with Crippen LogP contribution in [-0.2, 0) is 11.2 Å². The van der Waals surface area contributed by atoms with Crippen LogP contribution in [0.4, 0.5) is 0 Å². The monoisotopic (exact) mass is 182 g/mol. The number of hydrogen-bond donors (Lipinski definition) is 0. The first-order valence-corrected chi connectivity index (χ1v) is 4.51. The van der Waals surface area contributed by atoms with Crippen molar-refractivity contribution in [1.82, 2.24) is 0 Å². The third-order valence-corrected chi connectivity index (χ3v) is 2.64. The standard InChI is InChI=1S/C10H11ClO/c1-7-8(5-9-6-12-9)3-2-4-10(7)11/h2-4,9H,5-6H2,1H3. The Morgan fingerprint density at radius 3 is 3.00 bits per heavy atom. The Labute approximate surface area is 77.3 Å². The van der Waals surface area contributed by atoms with Crippen LogP contribution in [0, 0.1) is 6.92 Å². The van der Waals surface area contributed by atoms with Crippen LogP contribution in [0.25, 0.3) is 0 Å². The van der Waals surface area contributed by atoms with Crippen LogP contribution >= 0.6 is 11.6 Å². The van der Waals surface area contributed by atoms with Crippen LogP contribution in [0.2, 0.25) is 5.02 Å². The van der Waals surface area contributed by atoms with Crippen molar-refractivity contribution in [3.8, 4) is 0 Å². The van der Waals surface area contributed by atoms with E-state index < -0.39 is 0 Å². The molecule has 64 valence electrons. The molecule has 0 spiro atoms. The molecule has 2 heteroatoms. The molecule has 1 aromatic carbocycles. The second-order valence-corrected chi connectivity index (χ2v) is 3.59. The van der Waals surface area contributed by atoms with Gasteiger partial charge in [0.15, 0.2) is 0 Å². The largest absolute Gasteiger partial charge is 0.373 e. The van der Waals surface area contributed by atoms with Gasteiger partial charge in [0.1, 0.15) is 0 Å². The molecule has 1 aromatic rings. The molecule has 2 rings (SSSR count). The number of ether oxygens (including phenoxy) is 1. The first kappa shape index (κ1) is 8.09. The molecule has 1 heterocycles. The fourth-order valence-electron chi connectivity index (χ4n) is 1.30. The molecule has 1 unspecified atom stereocenters. The van der Waals surface area contributed by atoms with E-state index in [-0.39, 0.29) is 0 Å². The van der Waals surface area contributed by atoms with Crippen LogP contribution < -0.4 is 0 Å². The maximum Gasteiger partial charge on any atom is 0.0850 e. The Kier molecular flexibility index (Phi) is 2.07. The van der Waals surface area contributed by atoms with Crippen LogP contribution in [0.5, 0.6) is 0 Å². The molecule has 0 saturated carbocycles. The first-order valence-electron chi connectivity index (χ1n) is 4.13. The summed E-state index contributed by atoms with van der Waals surface area (Å²) in [5.41, 5.74) is 2.50. The molecular weight excluding hydrogens is 172 g/mol. The highest BCUT2D eigenvalue weighted by molar-refractivity contribution is 6.31. The Morgan fingerprint density at radius 2 is 2.33 bits per heavy atom. The van der Waals surface area contributed by atoms with Gasteiger partial charge in [-0.25, -0.2) is 0 Å². The summed E-state index contributed by atoms with van der Waals surface area (Å²) in [6.07, 6.45) is 1.45. The van der Waals surface area contributed by atoms with Crippen LogP contribution in [0.1, 0.15) is 11.1 Å². The lowest BCUT2D eigenvalue weighted by molar-refractivity contribution is 0.407. The predicted octanol–water partition coefficient (Wildman–Crippen LogP) is 2.59. The minimum atomic E-state index is 0.446. The van der Waals surface area contributed by atoms with Gasteiger partial charge in [-0.1, -0.05) is 23.7 Å². The third-order valence-electron chi connectivity index (χ3n) is 2.23. The molecule has 1 saturated heterocycles. The summed E-state index contributed by atoms with van der Waals surface area (Å²) >= 11 is 5.98. The lowest BCUT2D eigenvalue weighted by Crippen LogP contribution is -1.95. The zero-order chi connectivity index (χ0) is 8.55. The van der Waals surface area contributed by atoms with E-state index in [4.69, 9.17) is 16.3 Å². The molecule has 1 nitrogen and oxygen atoms in total. The molecule has 0 radical (unpaired) electrons. The van der Waals surface area contributed by atoms with Gasteiger partial charge in [0, 0.05) is 11.4 Å². The molecular formula is C10H11ClO. The average molecular weight is 183 g/mol. The maximum absolute atomic E-state index is 5.98. The van der Waals surface area contributed by atoms with Gasteiger partial charge in [0.2, 0.25) is 0 Å². The van der Waals surface area contributed by atoms with Crippen molar-refractivity contribution in [3.63, 3.8) is 0 Å². The smallest absolute Gasteiger partial charge is 0.0850 e. The summed E-state index contributed by atoms with van der Waals surface area (Å²) in [7, 11) is 0. The van der Waals surface area contributed by atoms with Crippen molar-refractivity contribution in [2.45, 2.75) is 19.4 Å². The summed E-state index contributed by atoms with van der Waals surface area (Å²) in [6, 6.07) is 6.03. The van der Waals surface area contributed by atoms with E-state index >= 15 is 0 Å². The van der Waals surface area contributed by atoms with E-state index in [1.807, 2.05) is 12.1 Å². The van der Waals surface area contributed by atoms with E-state index in [9.17, 15) is 0 Å². The maximum atomic E-state index is 5.98. The zero-order valence-corrected chi connectivity index (χ0v) is 7.77. The lowest BCUT2D eigenvalue weighted by atomic mass is 10.0. The summed E-state index contributed by atoms with van der Waals surface area (Å²) in [5.74, 6) is 0. The normalized spacial score (nSPS) is 21.0. The summed E-state index contributed by atoms with van der Waals surface area (Å²) in [5, 5.41) is 0.855. The minimum absolute atomic E-state index is 0.446. The highest BCUT2D eigenvalue weighted by Gasteiger charge is 2.23. The molecule has 1 atom stereocenters. The molecule has 1 fully saturated rings. The summed E-state index contributed by atoms with van der Waals surface area (Å²) in [4.78, 5) is 0. The van der Waals surface area contributed by atoms with Crippen molar-refractivity contribution >= 4 is 11.6 Å². The molecule has 0 bridgehead atoms. The average Bonchev–Trinajstić information content (AvgIpc) is 2.83. The third kappa shape index (κ3) is 1.62. The van der Waals surface area contributed by atoms with E-state index in [2.05, 4.69) is 13.0 Å². The van der Waals surface area contributed by atoms with Crippen molar-refractivity contribution in [2.75, 3.05) is 6.61 Å². The Morgan fingerprint density at radius 1 is 1.58 bits per heavy atom. The van der Waals surface area contributed by atoms with Crippen molar-refractivity contribution in [2.24, 2.45) is 0 Å². The molecule has 12 heavy (non-hydrogen) atoms. The van der Waals surface area contributed by atoms with Gasteiger partial charge < -0.3 is 4.74 Å². The van der Waals surface area contributed by atoms with Gasteiger partial charge in [0.25, 0.3) is 0 Å². The van der Waals surface area contributed by atoms with Gasteiger partial charge in [-0.15, -0.1) is 0 Å². The van der Waals surface area contributed by atoms with Crippen LogP contribution in [-0.4, -0.2) is 12.7 Å². The van der Waals surface area contributed by atoms with E-state index in [0.29, 0.717) is 6.10 Å². The first-order chi connectivity index (χ1) is 5.77. The van der Waals surface area contributed by atoms with Gasteiger partial charge >= 0.3 is 0 Å². The fourth-order valence-corrected chi connectivity index (χ4v) is 1.50. The molecule has 0 aromatic heterocycles. The number of benzene rings is 1. The second-order valence-electron chi connectivity index (χ2n) is 3.18. The SMILES string of the molecule is Cc1c(Cl)cccc1CC1CO1. The summed E-state index contributed by atoms with van der Waals surface area (Å²) < 4.78 is 5.16. The van der Waals surface area contributed by atoms with E-state index in [0.717, 1.165) is 18.1 Å². The van der Waals surface area contributed by atoms with Gasteiger partial charge in [0.05, 0.1) is 12.7 Å². The summed E-state index contributed by atoms with van der Waals surface area (Å²) in [6.45, 7) is 2.96. The Balaban J connectivity index is 2.23. The van der Waals surface area contributed by atoms with E-state index in [1.165, 1.54) is 11.1 Å².